The van der Waals surface area contributed by atoms with Crippen LogP contribution < -0.4 is 4.90 Å². The van der Waals surface area contributed by atoms with E-state index in [0.717, 1.165) is 50.1 Å². The van der Waals surface area contributed by atoms with Gasteiger partial charge in [0.1, 0.15) is 0 Å². The molecule has 2 aromatic carbocycles. The minimum atomic E-state index is 0.0972. The molecular formula is C23H24N4O2. The van der Waals surface area contributed by atoms with Gasteiger partial charge in [-0.25, -0.2) is 0 Å². The lowest BCUT2D eigenvalue weighted by atomic mass is 9.95. The molecular weight excluding hydrogens is 364 g/mol. The van der Waals surface area contributed by atoms with Crippen LogP contribution in [0.2, 0.25) is 0 Å². The van der Waals surface area contributed by atoms with Crippen LogP contribution in [0.3, 0.4) is 0 Å². The molecule has 3 aromatic rings. The lowest BCUT2D eigenvalue weighted by Crippen LogP contribution is -2.42. The predicted molar refractivity (Wildman–Crippen MR) is 110 cm³/mol. The Morgan fingerprint density at radius 3 is 2.59 bits per heavy atom. The molecule has 1 saturated heterocycles. The van der Waals surface area contributed by atoms with Gasteiger partial charge in [0.2, 0.25) is 17.6 Å². The number of rotatable bonds is 4. The summed E-state index contributed by atoms with van der Waals surface area (Å²) < 4.78 is 5.44. The number of carbonyl (C=O) groups is 1. The molecule has 6 nitrogen and oxygen atoms in total. The molecule has 0 saturated carbocycles. The van der Waals surface area contributed by atoms with E-state index in [9.17, 15) is 4.79 Å². The summed E-state index contributed by atoms with van der Waals surface area (Å²) >= 11 is 0. The molecule has 0 unspecified atom stereocenters. The quantitative estimate of drug-likeness (QED) is 0.684. The van der Waals surface area contributed by atoms with Gasteiger partial charge in [0.05, 0.1) is 6.54 Å². The molecule has 0 N–H and O–H groups in total. The Bertz CT molecular complexity index is 993. The van der Waals surface area contributed by atoms with Crippen molar-refractivity contribution in [3.8, 4) is 11.4 Å². The second kappa shape index (κ2) is 7.79. The molecule has 0 spiro atoms. The van der Waals surface area contributed by atoms with Gasteiger partial charge in [-0.1, -0.05) is 53.7 Å². The Kier molecular flexibility index (Phi) is 4.86. The van der Waals surface area contributed by atoms with Crippen molar-refractivity contribution in [3.05, 3.63) is 66.1 Å². The van der Waals surface area contributed by atoms with Crippen molar-refractivity contribution in [3.63, 3.8) is 0 Å². The van der Waals surface area contributed by atoms with Gasteiger partial charge in [0.25, 0.3) is 0 Å². The van der Waals surface area contributed by atoms with Crippen LogP contribution in [0.15, 0.2) is 59.1 Å². The van der Waals surface area contributed by atoms with Gasteiger partial charge >= 0.3 is 0 Å². The lowest BCUT2D eigenvalue weighted by molar-refractivity contribution is -0.123. The number of anilines is 1. The highest BCUT2D eigenvalue weighted by molar-refractivity contribution is 5.97. The zero-order valence-electron chi connectivity index (χ0n) is 16.3. The van der Waals surface area contributed by atoms with Crippen molar-refractivity contribution in [2.45, 2.75) is 25.8 Å². The largest absolute Gasteiger partial charge is 0.338 e. The predicted octanol–water partition coefficient (Wildman–Crippen LogP) is 3.54. The van der Waals surface area contributed by atoms with Gasteiger partial charge < -0.3 is 9.42 Å². The van der Waals surface area contributed by atoms with Crippen LogP contribution in [-0.4, -0.2) is 40.6 Å². The van der Waals surface area contributed by atoms with Crippen LogP contribution in [0.1, 0.15) is 24.3 Å². The third-order valence-electron chi connectivity index (χ3n) is 5.95. The summed E-state index contributed by atoms with van der Waals surface area (Å²) in [5, 5.41) is 4.10. The number of amides is 1. The second-order valence-electron chi connectivity index (χ2n) is 7.80. The van der Waals surface area contributed by atoms with Crippen LogP contribution >= 0.6 is 0 Å². The molecule has 29 heavy (non-hydrogen) atoms. The highest BCUT2D eigenvalue weighted by Crippen LogP contribution is 2.31. The molecule has 2 aliphatic rings. The normalized spacial score (nSPS) is 17.4. The van der Waals surface area contributed by atoms with Crippen molar-refractivity contribution < 1.29 is 9.32 Å². The van der Waals surface area contributed by atoms with Crippen molar-refractivity contribution in [1.29, 1.82) is 0 Å². The molecule has 1 aromatic heterocycles. The van der Waals surface area contributed by atoms with E-state index in [1.165, 1.54) is 5.56 Å². The number of hydrogen-bond donors (Lipinski definition) is 0. The number of aromatic nitrogens is 2. The van der Waals surface area contributed by atoms with Gasteiger partial charge in [-0.3, -0.25) is 9.69 Å². The molecule has 1 fully saturated rings. The molecule has 0 radical (unpaired) electrons. The summed E-state index contributed by atoms with van der Waals surface area (Å²) in [6.45, 7) is 3.18. The maximum Gasteiger partial charge on any atom is 0.241 e. The smallest absolute Gasteiger partial charge is 0.241 e. The van der Waals surface area contributed by atoms with Gasteiger partial charge in [-0.05, 0) is 44.0 Å². The Morgan fingerprint density at radius 2 is 1.76 bits per heavy atom. The summed E-state index contributed by atoms with van der Waals surface area (Å²) in [6.07, 6.45) is 2.70. The van der Waals surface area contributed by atoms with Crippen molar-refractivity contribution in [1.82, 2.24) is 15.0 Å². The summed E-state index contributed by atoms with van der Waals surface area (Å²) in [7, 11) is 0. The molecule has 6 heteroatoms. The molecule has 0 bridgehead atoms. The zero-order valence-corrected chi connectivity index (χ0v) is 16.3. The van der Waals surface area contributed by atoms with E-state index >= 15 is 0 Å². The summed E-state index contributed by atoms with van der Waals surface area (Å²) in [6, 6.07) is 18.1. The zero-order chi connectivity index (χ0) is 19.6. The number of hydrogen-bond acceptors (Lipinski definition) is 5. The van der Waals surface area contributed by atoms with E-state index in [4.69, 9.17) is 4.52 Å². The van der Waals surface area contributed by atoms with Crippen molar-refractivity contribution in [2.75, 3.05) is 24.5 Å². The van der Waals surface area contributed by atoms with Gasteiger partial charge in [0.15, 0.2) is 0 Å². The van der Waals surface area contributed by atoms with Gasteiger partial charge in [-0.15, -0.1) is 0 Å². The Labute approximate surface area is 170 Å². The number of likely N-dealkylation sites (tertiary alicyclic amines) is 1. The van der Waals surface area contributed by atoms with Crippen LogP contribution in [0.25, 0.3) is 11.4 Å². The number of benzene rings is 2. The topological polar surface area (TPSA) is 62.5 Å². The Morgan fingerprint density at radius 1 is 1.00 bits per heavy atom. The van der Waals surface area contributed by atoms with Crippen LogP contribution in [-0.2, 0) is 17.8 Å². The molecule has 0 aliphatic carbocycles. The molecule has 2 aliphatic heterocycles. The number of fused-ring (bicyclic) bond motifs is 1. The van der Waals surface area contributed by atoms with E-state index < -0.39 is 0 Å². The van der Waals surface area contributed by atoms with Crippen LogP contribution in [0.5, 0.6) is 0 Å². The number of nitrogens with zero attached hydrogens (tertiary/aromatic N) is 4. The van der Waals surface area contributed by atoms with Crippen molar-refractivity contribution >= 4 is 11.6 Å². The molecule has 3 heterocycles. The molecule has 5 rings (SSSR count). The third-order valence-corrected chi connectivity index (χ3v) is 5.95. The standard InChI is InChI=1S/C23H24N4O2/c28-23(27-15-12-17-6-4-5-9-20(17)27)19-10-13-26(14-11-19)16-21-24-22(25-29-21)18-7-2-1-3-8-18/h1-9,19H,10-16H2. The summed E-state index contributed by atoms with van der Waals surface area (Å²) in [4.78, 5) is 21.9. The van der Waals surface area contributed by atoms with Crippen molar-refractivity contribution in [2.24, 2.45) is 5.92 Å². The third kappa shape index (κ3) is 3.68. The first kappa shape index (κ1) is 18.1. The first-order chi connectivity index (χ1) is 14.3. The average molecular weight is 388 g/mol. The Hall–Kier alpha value is -2.99. The minimum absolute atomic E-state index is 0.0972. The summed E-state index contributed by atoms with van der Waals surface area (Å²) in [5.74, 6) is 1.62. The number of carbonyl (C=O) groups excluding carboxylic acids is 1. The van der Waals surface area contributed by atoms with E-state index in [0.29, 0.717) is 18.3 Å². The monoisotopic (exact) mass is 388 g/mol. The maximum absolute atomic E-state index is 13.1. The van der Waals surface area contributed by atoms with E-state index in [1.54, 1.807) is 0 Å². The minimum Gasteiger partial charge on any atom is -0.338 e. The fourth-order valence-corrected chi connectivity index (χ4v) is 4.34. The molecule has 1 amide bonds. The first-order valence-electron chi connectivity index (χ1n) is 10.3. The van der Waals surface area contributed by atoms with E-state index in [-0.39, 0.29) is 11.8 Å². The van der Waals surface area contributed by atoms with Crippen LogP contribution in [0.4, 0.5) is 5.69 Å². The first-order valence-corrected chi connectivity index (χ1v) is 10.3. The van der Waals surface area contributed by atoms with E-state index in [2.05, 4.69) is 27.2 Å². The van der Waals surface area contributed by atoms with Crippen LogP contribution in [0, 0.1) is 5.92 Å². The number of para-hydroxylation sites is 1. The fraction of sp³-hybridized carbons (Fsp3) is 0.348. The molecule has 0 atom stereocenters. The Balaban J connectivity index is 1.17. The van der Waals surface area contributed by atoms with Gasteiger partial charge in [0, 0.05) is 23.7 Å². The fourth-order valence-electron chi connectivity index (χ4n) is 4.34. The lowest BCUT2D eigenvalue weighted by Gasteiger charge is -2.32. The number of piperidine rings is 1. The molecule has 148 valence electrons. The summed E-state index contributed by atoms with van der Waals surface area (Å²) in [5.41, 5.74) is 3.33. The maximum atomic E-state index is 13.1. The van der Waals surface area contributed by atoms with E-state index in [1.807, 2.05) is 47.4 Å². The highest BCUT2D eigenvalue weighted by Gasteiger charge is 2.32. The average Bonchev–Trinajstić information content (AvgIpc) is 3.42. The second-order valence-corrected chi connectivity index (χ2v) is 7.80. The SMILES string of the molecule is O=C(C1CCN(Cc2nc(-c3ccccc3)no2)CC1)N1CCc2ccccc21. The highest BCUT2D eigenvalue weighted by atomic mass is 16.5. The van der Waals surface area contributed by atoms with Gasteiger partial charge in [-0.2, -0.15) is 4.98 Å².